The molecule has 0 rings (SSSR count). The largest absolute Gasteiger partial charge is 0.330 e. The number of hydrogen-bond acceptors (Lipinski definition) is 2. The Morgan fingerprint density at radius 3 is 1.75 bits per heavy atom. The van der Waals surface area contributed by atoms with Gasteiger partial charge in [0.2, 0.25) is 0 Å². The molecule has 8 heavy (non-hydrogen) atoms. The summed E-state index contributed by atoms with van der Waals surface area (Å²) in [6.07, 6.45) is -0.963. The molecule has 0 aromatic rings. The van der Waals surface area contributed by atoms with Gasteiger partial charge in [-0.2, -0.15) is 0 Å². The zero-order valence-corrected chi connectivity index (χ0v) is 5.97. The lowest BCUT2D eigenvalue weighted by molar-refractivity contribution is 0.328. The molecule has 0 aromatic heterocycles. The molecule has 1 unspecified atom stereocenters. The minimum Gasteiger partial charge on any atom is -0.330 e. The molecule has 0 fully saturated rings. The predicted molar refractivity (Wildman–Crippen MR) is 37.3 cm³/mol. The van der Waals surface area contributed by atoms with Crippen molar-refractivity contribution in [3.8, 4) is 0 Å². The highest BCUT2D eigenvalue weighted by atomic mass is 35.5. The Balaban J connectivity index is -0.000000125. The summed E-state index contributed by atoms with van der Waals surface area (Å²) in [5.74, 6) is 0. The molecule has 54 valence electrons. The van der Waals surface area contributed by atoms with E-state index in [1.54, 1.807) is 0 Å². The third kappa shape index (κ3) is 16.1. The summed E-state index contributed by atoms with van der Waals surface area (Å²) in [5, 5.41) is 0. The van der Waals surface area contributed by atoms with Crippen molar-refractivity contribution in [1.29, 1.82) is 0 Å². The van der Waals surface area contributed by atoms with E-state index in [0.29, 0.717) is 6.54 Å². The fourth-order valence-electron chi connectivity index (χ4n) is 0.159. The van der Waals surface area contributed by atoms with Gasteiger partial charge < -0.3 is 11.5 Å². The second-order valence-electron chi connectivity index (χ2n) is 1.09. The van der Waals surface area contributed by atoms with Crippen LogP contribution in [0.4, 0.5) is 4.39 Å². The molecule has 0 spiro atoms. The van der Waals surface area contributed by atoms with Crippen LogP contribution in [0.15, 0.2) is 0 Å². The Kier molecular flexibility index (Phi) is 20.6. The van der Waals surface area contributed by atoms with Gasteiger partial charge in [-0.05, 0) is 6.54 Å². The zero-order chi connectivity index (χ0) is 4.99. The number of halogens is 3. The van der Waals surface area contributed by atoms with E-state index in [2.05, 4.69) is 5.73 Å². The lowest BCUT2D eigenvalue weighted by atomic mass is 10.4. The quantitative estimate of drug-likeness (QED) is 0.583. The van der Waals surface area contributed by atoms with Crippen LogP contribution in [-0.2, 0) is 0 Å². The average Bonchev–Trinajstić information content (AvgIpc) is 1.35. The van der Waals surface area contributed by atoms with Crippen LogP contribution in [0.2, 0.25) is 0 Å². The lowest BCUT2D eigenvalue weighted by Gasteiger charge is -1.92. The van der Waals surface area contributed by atoms with Crippen molar-refractivity contribution in [3.63, 3.8) is 0 Å². The van der Waals surface area contributed by atoms with Crippen LogP contribution in [-0.4, -0.2) is 12.8 Å². The smallest absolute Gasteiger partial charge is 0.149 e. The van der Waals surface area contributed by atoms with Gasteiger partial charge in [0.25, 0.3) is 0 Å². The topological polar surface area (TPSA) is 52.0 Å². The van der Waals surface area contributed by atoms with E-state index in [-0.39, 0.29) is 31.2 Å². The van der Waals surface area contributed by atoms with E-state index in [1.165, 1.54) is 0 Å². The maximum absolute atomic E-state index is 11.4. The Labute approximate surface area is 60.6 Å². The Hall–Kier alpha value is 0.430. The highest BCUT2D eigenvalue weighted by Gasteiger charge is 1.90. The standard InChI is InChI=1S/C3H9FN2.2ClH/c4-3(6)1-2-5;;/h3H,1-2,5-6H2;2*1H. The van der Waals surface area contributed by atoms with Crippen LogP contribution >= 0.6 is 24.8 Å². The normalized spacial score (nSPS) is 10.9. The van der Waals surface area contributed by atoms with E-state index in [4.69, 9.17) is 5.73 Å². The summed E-state index contributed by atoms with van der Waals surface area (Å²) in [5.41, 5.74) is 9.57. The maximum Gasteiger partial charge on any atom is 0.149 e. The molecule has 0 aliphatic heterocycles. The predicted octanol–water partition coefficient (Wildman–Crippen LogP) is 0.433. The van der Waals surface area contributed by atoms with Gasteiger partial charge in [0.05, 0.1) is 0 Å². The molecule has 5 heteroatoms. The number of rotatable bonds is 2. The SMILES string of the molecule is Cl.Cl.NCCC(N)F. The zero-order valence-electron chi connectivity index (χ0n) is 4.34. The monoisotopic (exact) mass is 164 g/mol. The van der Waals surface area contributed by atoms with Gasteiger partial charge in [-0.15, -0.1) is 24.8 Å². The number of hydrogen-bond donors (Lipinski definition) is 2. The van der Waals surface area contributed by atoms with Gasteiger partial charge in [-0.3, -0.25) is 0 Å². The van der Waals surface area contributed by atoms with E-state index >= 15 is 0 Å². The van der Waals surface area contributed by atoms with Gasteiger partial charge in [0.1, 0.15) is 6.30 Å². The first-order valence-corrected chi connectivity index (χ1v) is 1.87. The first-order chi connectivity index (χ1) is 2.77. The maximum atomic E-state index is 11.4. The molecule has 2 nitrogen and oxygen atoms in total. The molecular formula is C3H11Cl2FN2. The second kappa shape index (κ2) is 10.4. The molecule has 0 saturated carbocycles. The lowest BCUT2D eigenvalue weighted by Crippen LogP contribution is -2.17. The van der Waals surface area contributed by atoms with Gasteiger partial charge >= 0.3 is 0 Å². The second-order valence-corrected chi connectivity index (χ2v) is 1.09. The van der Waals surface area contributed by atoms with Gasteiger partial charge in [0, 0.05) is 6.42 Å². The first-order valence-electron chi connectivity index (χ1n) is 1.87. The molecule has 0 radical (unpaired) electrons. The van der Waals surface area contributed by atoms with Crippen LogP contribution < -0.4 is 11.5 Å². The third-order valence-corrected chi connectivity index (χ3v) is 0.442. The molecule has 0 heterocycles. The van der Waals surface area contributed by atoms with Crippen molar-refractivity contribution in [2.24, 2.45) is 11.5 Å². The first kappa shape index (κ1) is 15.8. The van der Waals surface area contributed by atoms with E-state index in [1.807, 2.05) is 0 Å². The Bertz CT molecular complexity index is 36.5. The molecule has 1 atom stereocenters. The Morgan fingerprint density at radius 1 is 1.38 bits per heavy atom. The summed E-state index contributed by atoms with van der Waals surface area (Å²) in [7, 11) is 0. The average molecular weight is 165 g/mol. The van der Waals surface area contributed by atoms with Crippen LogP contribution in [0.1, 0.15) is 6.42 Å². The van der Waals surface area contributed by atoms with Crippen LogP contribution in [0.5, 0.6) is 0 Å². The van der Waals surface area contributed by atoms with E-state index in [9.17, 15) is 4.39 Å². The third-order valence-electron chi connectivity index (χ3n) is 0.442. The molecule has 0 amide bonds. The molecular weight excluding hydrogens is 154 g/mol. The van der Waals surface area contributed by atoms with Crippen molar-refractivity contribution in [2.75, 3.05) is 6.54 Å². The van der Waals surface area contributed by atoms with Crippen molar-refractivity contribution in [2.45, 2.75) is 12.7 Å². The highest BCUT2D eigenvalue weighted by Crippen LogP contribution is 1.81. The van der Waals surface area contributed by atoms with Crippen molar-refractivity contribution in [3.05, 3.63) is 0 Å². The van der Waals surface area contributed by atoms with Crippen LogP contribution in [0.25, 0.3) is 0 Å². The van der Waals surface area contributed by atoms with Crippen molar-refractivity contribution >= 4 is 24.8 Å². The molecule has 4 N–H and O–H groups in total. The minimum absolute atomic E-state index is 0. The number of alkyl halides is 1. The fourth-order valence-corrected chi connectivity index (χ4v) is 0.159. The molecule has 0 bridgehead atoms. The summed E-state index contributed by atoms with van der Waals surface area (Å²) < 4.78 is 11.4. The Morgan fingerprint density at radius 2 is 1.75 bits per heavy atom. The molecule has 0 aromatic carbocycles. The molecule has 0 aliphatic rings. The van der Waals surface area contributed by atoms with Gasteiger partial charge in [-0.25, -0.2) is 4.39 Å². The number of nitrogens with two attached hydrogens (primary N) is 2. The minimum atomic E-state index is -1.23. The van der Waals surface area contributed by atoms with E-state index < -0.39 is 6.30 Å². The van der Waals surface area contributed by atoms with Gasteiger partial charge in [0.15, 0.2) is 0 Å². The highest BCUT2D eigenvalue weighted by molar-refractivity contribution is 5.85. The van der Waals surface area contributed by atoms with Crippen molar-refractivity contribution < 1.29 is 4.39 Å². The fraction of sp³-hybridized carbons (Fsp3) is 1.00. The van der Waals surface area contributed by atoms with E-state index in [0.717, 1.165) is 0 Å². The summed E-state index contributed by atoms with van der Waals surface area (Å²) >= 11 is 0. The summed E-state index contributed by atoms with van der Waals surface area (Å²) in [6.45, 7) is 0.331. The van der Waals surface area contributed by atoms with Gasteiger partial charge in [-0.1, -0.05) is 0 Å². The summed E-state index contributed by atoms with van der Waals surface area (Å²) in [6, 6.07) is 0. The van der Waals surface area contributed by atoms with Crippen LogP contribution in [0.3, 0.4) is 0 Å². The summed E-state index contributed by atoms with van der Waals surface area (Å²) in [4.78, 5) is 0. The van der Waals surface area contributed by atoms with Crippen LogP contribution in [0, 0.1) is 0 Å². The molecule has 0 aliphatic carbocycles. The molecule has 0 saturated heterocycles. The van der Waals surface area contributed by atoms with Crippen molar-refractivity contribution in [1.82, 2.24) is 0 Å².